The van der Waals surface area contributed by atoms with Crippen LogP contribution in [0, 0.1) is 6.92 Å². The normalized spacial score (nSPS) is 12.6. The molecule has 2 N–H and O–H groups in total. The van der Waals surface area contributed by atoms with E-state index >= 15 is 0 Å². The molecule has 4 heteroatoms. The van der Waals surface area contributed by atoms with E-state index in [4.69, 9.17) is 17.3 Å². The van der Waals surface area contributed by atoms with Gasteiger partial charge < -0.3 is 5.73 Å². The van der Waals surface area contributed by atoms with Crippen LogP contribution in [-0.4, -0.2) is 5.75 Å². The Hall–Kier alpha value is -0.480. The molecule has 0 aliphatic carbocycles. The number of thioether (sulfide) groups is 1. The van der Waals surface area contributed by atoms with Crippen molar-refractivity contribution in [3.63, 3.8) is 0 Å². The van der Waals surface area contributed by atoms with Crippen molar-refractivity contribution in [1.29, 1.82) is 0 Å². The minimum absolute atomic E-state index is 0.106. The van der Waals surface area contributed by atoms with E-state index in [-0.39, 0.29) is 6.04 Å². The van der Waals surface area contributed by atoms with Crippen LogP contribution in [0.15, 0.2) is 41.3 Å². The Morgan fingerprint density at radius 3 is 2.53 bits per heavy atom. The van der Waals surface area contributed by atoms with Gasteiger partial charge in [-0.1, -0.05) is 11.6 Å². The van der Waals surface area contributed by atoms with Crippen molar-refractivity contribution in [3.8, 4) is 0 Å². The number of nitrogens with two attached hydrogens (primary N) is 1. The molecular weight excluding hydrogens is 270 g/mol. The monoisotopic (exact) mass is 283 g/mol. The van der Waals surface area contributed by atoms with Crippen LogP contribution < -0.4 is 5.73 Å². The Bertz CT molecular complexity index is 478. The minimum atomic E-state index is 0.106. The summed E-state index contributed by atoms with van der Waals surface area (Å²) in [7, 11) is 0. The van der Waals surface area contributed by atoms with Crippen molar-refractivity contribution in [2.24, 2.45) is 5.73 Å². The molecule has 0 saturated heterocycles. The largest absolute Gasteiger partial charge is 0.323 e. The van der Waals surface area contributed by atoms with Gasteiger partial charge in [0.1, 0.15) is 0 Å². The second-order valence-corrected chi connectivity index (χ2v) is 6.67. The van der Waals surface area contributed by atoms with E-state index < -0.39 is 0 Å². The Kier molecular flexibility index (Phi) is 4.51. The van der Waals surface area contributed by atoms with Crippen LogP contribution in [0.5, 0.6) is 0 Å². The lowest BCUT2D eigenvalue weighted by Crippen LogP contribution is -2.11. The average Bonchev–Trinajstić information content (AvgIpc) is 2.75. The van der Waals surface area contributed by atoms with Gasteiger partial charge in [-0.25, -0.2) is 0 Å². The van der Waals surface area contributed by atoms with E-state index in [1.165, 1.54) is 14.6 Å². The smallest absolute Gasteiger partial charge is 0.0485 e. The lowest BCUT2D eigenvalue weighted by Gasteiger charge is -2.09. The van der Waals surface area contributed by atoms with Crippen LogP contribution in [0.2, 0.25) is 5.02 Å². The fraction of sp³-hybridized carbons (Fsp3) is 0.231. The lowest BCUT2D eigenvalue weighted by molar-refractivity contribution is 0.852. The van der Waals surface area contributed by atoms with Crippen LogP contribution in [0.4, 0.5) is 0 Å². The summed E-state index contributed by atoms with van der Waals surface area (Å²) in [5.41, 5.74) is 6.15. The molecule has 1 unspecified atom stereocenters. The molecule has 1 nitrogen and oxygen atoms in total. The van der Waals surface area contributed by atoms with Gasteiger partial charge in [-0.15, -0.1) is 23.1 Å². The molecular formula is C13H14ClNS2. The first kappa shape index (κ1) is 13.0. The van der Waals surface area contributed by atoms with E-state index in [9.17, 15) is 0 Å². The summed E-state index contributed by atoms with van der Waals surface area (Å²) in [5.74, 6) is 0.890. The molecule has 0 fully saturated rings. The molecule has 2 rings (SSSR count). The maximum Gasteiger partial charge on any atom is 0.0485 e. The van der Waals surface area contributed by atoms with Gasteiger partial charge in [-0.05, 0) is 43.3 Å². The highest BCUT2D eigenvalue weighted by molar-refractivity contribution is 7.99. The van der Waals surface area contributed by atoms with Crippen LogP contribution in [-0.2, 0) is 0 Å². The Labute approximate surface area is 115 Å². The highest BCUT2D eigenvalue weighted by Gasteiger charge is 2.08. The molecule has 0 aliphatic rings. The highest BCUT2D eigenvalue weighted by atomic mass is 35.5. The van der Waals surface area contributed by atoms with E-state index in [2.05, 4.69) is 19.1 Å². The van der Waals surface area contributed by atoms with E-state index in [1.54, 1.807) is 23.1 Å². The first-order valence-electron chi connectivity index (χ1n) is 5.35. The van der Waals surface area contributed by atoms with E-state index in [0.717, 1.165) is 10.8 Å². The first-order valence-corrected chi connectivity index (χ1v) is 7.53. The van der Waals surface area contributed by atoms with Gasteiger partial charge >= 0.3 is 0 Å². The molecule has 90 valence electrons. The van der Waals surface area contributed by atoms with Gasteiger partial charge in [-0.3, -0.25) is 0 Å². The predicted molar refractivity (Wildman–Crippen MR) is 78.2 cm³/mol. The summed E-state index contributed by atoms with van der Waals surface area (Å²) in [6.07, 6.45) is 0. The number of halogens is 1. The molecule has 1 aromatic heterocycles. The minimum Gasteiger partial charge on any atom is -0.323 e. The molecule has 0 radical (unpaired) electrons. The van der Waals surface area contributed by atoms with Crippen molar-refractivity contribution in [2.75, 3.05) is 5.75 Å². The molecule has 0 aliphatic heterocycles. The molecule has 1 heterocycles. The van der Waals surface area contributed by atoms with Crippen LogP contribution in [0.3, 0.4) is 0 Å². The van der Waals surface area contributed by atoms with E-state index in [1.807, 2.05) is 24.3 Å². The summed E-state index contributed by atoms with van der Waals surface area (Å²) in [4.78, 5) is 3.77. The third kappa shape index (κ3) is 3.75. The zero-order chi connectivity index (χ0) is 12.3. The van der Waals surface area contributed by atoms with Gasteiger partial charge in [-0.2, -0.15) is 0 Å². The maximum absolute atomic E-state index is 6.15. The summed E-state index contributed by atoms with van der Waals surface area (Å²) in [5, 5.41) is 0.771. The SMILES string of the molecule is Cc1ccc(C(N)CSc2ccc(Cl)cc2)s1. The topological polar surface area (TPSA) is 26.0 Å². The second kappa shape index (κ2) is 5.91. The lowest BCUT2D eigenvalue weighted by atomic mass is 10.3. The van der Waals surface area contributed by atoms with Crippen LogP contribution in [0.1, 0.15) is 15.8 Å². The van der Waals surface area contributed by atoms with Gasteiger partial charge in [0.15, 0.2) is 0 Å². The summed E-state index contributed by atoms with van der Waals surface area (Å²) >= 11 is 9.38. The predicted octanol–water partition coefficient (Wildman–Crippen LogP) is 4.50. The van der Waals surface area contributed by atoms with E-state index in [0.29, 0.717) is 0 Å². The fourth-order valence-electron chi connectivity index (χ4n) is 1.45. The Morgan fingerprint density at radius 2 is 1.94 bits per heavy atom. The Balaban J connectivity index is 1.92. The molecule has 0 saturated carbocycles. The third-order valence-corrected chi connectivity index (χ3v) is 4.89. The Morgan fingerprint density at radius 1 is 1.24 bits per heavy atom. The van der Waals surface area contributed by atoms with Crippen molar-refractivity contribution < 1.29 is 0 Å². The molecule has 17 heavy (non-hydrogen) atoms. The van der Waals surface area contributed by atoms with Crippen LogP contribution in [0.25, 0.3) is 0 Å². The van der Waals surface area contributed by atoms with Crippen molar-refractivity contribution in [3.05, 3.63) is 51.2 Å². The quantitative estimate of drug-likeness (QED) is 0.836. The highest BCUT2D eigenvalue weighted by Crippen LogP contribution is 2.27. The van der Waals surface area contributed by atoms with Crippen LogP contribution >= 0.6 is 34.7 Å². The molecule has 0 bridgehead atoms. The number of aryl methyl sites for hydroxylation is 1. The number of hydrogen-bond acceptors (Lipinski definition) is 3. The van der Waals surface area contributed by atoms with Crippen molar-refractivity contribution in [2.45, 2.75) is 17.9 Å². The number of benzene rings is 1. The van der Waals surface area contributed by atoms with Gasteiger partial charge in [0.05, 0.1) is 0 Å². The summed E-state index contributed by atoms with van der Waals surface area (Å²) < 4.78 is 0. The number of rotatable bonds is 4. The zero-order valence-corrected chi connectivity index (χ0v) is 11.9. The molecule has 2 aromatic rings. The molecule has 0 amide bonds. The third-order valence-electron chi connectivity index (χ3n) is 2.37. The standard InChI is InChI=1S/C13H14ClNS2/c1-9-2-7-13(17-9)12(15)8-16-11-5-3-10(14)4-6-11/h2-7,12H,8,15H2,1H3. The molecule has 1 aromatic carbocycles. The number of thiophene rings is 1. The summed E-state index contributed by atoms with van der Waals surface area (Å²) in [6.45, 7) is 2.10. The van der Waals surface area contributed by atoms with Gasteiger partial charge in [0.25, 0.3) is 0 Å². The maximum atomic E-state index is 6.15. The summed E-state index contributed by atoms with van der Waals surface area (Å²) in [6, 6.07) is 12.2. The van der Waals surface area contributed by atoms with Gasteiger partial charge in [0, 0.05) is 31.5 Å². The average molecular weight is 284 g/mol. The molecule has 1 atom stereocenters. The zero-order valence-electron chi connectivity index (χ0n) is 9.52. The fourth-order valence-corrected chi connectivity index (χ4v) is 3.44. The van der Waals surface area contributed by atoms with Crippen molar-refractivity contribution in [1.82, 2.24) is 0 Å². The van der Waals surface area contributed by atoms with Crippen molar-refractivity contribution >= 4 is 34.7 Å². The number of hydrogen-bond donors (Lipinski definition) is 1. The first-order chi connectivity index (χ1) is 8.15. The molecule has 0 spiro atoms. The second-order valence-electron chi connectivity index (χ2n) is 3.82. The van der Waals surface area contributed by atoms with Gasteiger partial charge in [0.2, 0.25) is 0 Å².